The Hall–Kier alpha value is -2.93. The number of aryl methyl sites for hydroxylation is 2. The fourth-order valence-corrected chi connectivity index (χ4v) is 3.64. The van der Waals surface area contributed by atoms with Gasteiger partial charge in [-0.05, 0) is 57.0 Å². The molecule has 1 unspecified atom stereocenters. The molecule has 1 aromatic carbocycles. The maximum Gasteiger partial charge on any atom is 0.349 e. The van der Waals surface area contributed by atoms with Crippen molar-refractivity contribution >= 4 is 22.6 Å². The predicted octanol–water partition coefficient (Wildman–Crippen LogP) is 2.85. The van der Waals surface area contributed by atoms with Gasteiger partial charge in [0.05, 0.1) is 11.2 Å². The fourth-order valence-electron chi connectivity index (χ4n) is 3.64. The smallest absolute Gasteiger partial charge is 0.349 e. The molecule has 0 spiro atoms. The summed E-state index contributed by atoms with van der Waals surface area (Å²) in [7, 11) is 0. The number of piperidine rings is 1. The van der Waals surface area contributed by atoms with Crippen molar-refractivity contribution in [1.29, 1.82) is 0 Å². The number of benzene rings is 1. The first-order chi connectivity index (χ1) is 13.0. The van der Waals surface area contributed by atoms with Crippen LogP contribution in [-0.4, -0.2) is 29.0 Å². The maximum absolute atomic E-state index is 12.8. The van der Waals surface area contributed by atoms with E-state index in [4.69, 9.17) is 4.42 Å². The number of carbonyl (C=O) groups is 1. The molecule has 4 rings (SSSR count). The van der Waals surface area contributed by atoms with Crippen LogP contribution in [0.15, 0.2) is 33.5 Å². The summed E-state index contributed by atoms with van der Waals surface area (Å²) < 4.78 is 5.50. The number of nitrogens with zero attached hydrogens (tertiary/aromatic N) is 1. The molecule has 1 atom stereocenters. The molecule has 1 amide bonds. The summed E-state index contributed by atoms with van der Waals surface area (Å²) in [5.74, 6) is 1.09. The van der Waals surface area contributed by atoms with Gasteiger partial charge in [0.25, 0.3) is 5.91 Å². The predicted molar refractivity (Wildman–Crippen MR) is 103 cm³/mol. The Labute approximate surface area is 156 Å². The summed E-state index contributed by atoms with van der Waals surface area (Å²) in [6.07, 6.45) is 2.02. The summed E-state index contributed by atoms with van der Waals surface area (Å²) in [5.41, 5.74) is 2.10. The minimum atomic E-state index is -0.599. The lowest BCUT2D eigenvalue weighted by molar-refractivity contribution is 0.102. The van der Waals surface area contributed by atoms with Crippen LogP contribution in [0.2, 0.25) is 0 Å². The molecule has 27 heavy (non-hydrogen) atoms. The molecule has 3 N–H and O–H groups in total. The number of rotatable bonds is 3. The van der Waals surface area contributed by atoms with Crippen molar-refractivity contribution < 1.29 is 9.21 Å². The minimum Gasteiger partial charge on any atom is -0.427 e. The molecule has 0 saturated carbocycles. The number of carbonyl (C=O) groups excluding carboxylic acids is 1. The van der Waals surface area contributed by atoms with Gasteiger partial charge in [0.1, 0.15) is 22.7 Å². The van der Waals surface area contributed by atoms with Gasteiger partial charge in [0, 0.05) is 12.5 Å². The van der Waals surface area contributed by atoms with Gasteiger partial charge in [-0.15, -0.1) is 0 Å². The highest BCUT2D eigenvalue weighted by Crippen LogP contribution is 2.25. The number of hydrogen-bond acceptors (Lipinski definition) is 5. The molecular weight excluding hydrogens is 344 g/mol. The van der Waals surface area contributed by atoms with Crippen LogP contribution >= 0.6 is 0 Å². The summed E-state index contributed by atoms with van der Waals surface area (Å²) >= 11 is 0. The van der Waals surface area contributed by atoms with Crippen molar-refractivity contribution in [3.8, 4) is 0 Å². The molecule has 0 bridgehead atoms. The number of H-pyrrole nitrogens is 1. The summed E-state index contributed by atoms with van der Waals surface area (Å²) in [4.78, 5) is 32.8. The van der Waals surface area contributed by atoms with Gasteiger partial charge in [0.2, 0.25) is 0 Å². The van der Waals surface area contributed by atoms with Crippen LogP contribution in [0.1, 0.15) is 46.3 Å². The monoisotopic (exact) mass is 366 g/mol. The molecule has 1 fully saturated rings. The van der Waals surface area contributed by atoms with Gasteiger partial charge < -0.3 is 20.0 Å². The zero-order valence-corrected chi connectivity index (χ0v) is 15.4. The van der Waals surface area contributed by atoms with Gasteiger partial charge >= 0.3 is 5.63 Å². The number of imidazole rings is 1. The Balaban J connectivity index is 1.64. The molecule has 7 heteroatoms. The van der Waals surface area contributed by atoms with Crippen LogP contribution in [0.3, 0.4) is 0 Å². The van der Waals surface area contributed by atoms with E-state index in [-0.39, 0.29) is 11.5 Å². The molecule has 0 aliphatic carbocycles. The van der Waals surface area contributed by atoms with Crippen molar-refractivity contribution in [3.05, 3.63) is 57.4 Å². The van der Waals surface area contributed by atoms with E-state index in [2.05, 4.69) is 20.6 Å². The average Bonchev–Trinajstić information content (AvgIpc) is 3.03. The van der Waals surface area contributed by atoms with Crippen molar-refractivity contribution in [3.63, 3.8) is 0 Å². The molecule has 7 nitrogen and oxygen atoms in total. The first-order valence-electron chi connectivity index (χ1n) is 9.15. The Morgan fingerprint density at radius 3 is 2.93 bits per heavy atom. The molecule has 3 aromatic rings. The van der Waals surface area contributed by atoms with E-state index in [1.54, 1.807) is 13.0 Å². The largest absolute Gasteiger partial charge is 0.427 e. The number of anilines is 1. The zero-order valence-electron chi connectivity index (χ0n) is 15.4. The van der Waals surface area contributed by atoms with Crippen LogP contribution in [0.5, 0.6) is 0 Å². The Morgan fingerprint density at radius 2 is 2.19 bits per heavy atom. The Bertz CT molecular complexity index is 1060. The van der Waals surface area contributed by atoms with Crippen LogP contribution in [-0.2, 0) is 0 Å². The lowest BCUT2D eigenvalue weighted by Gasteiger charge is -2.22. The second-order valence-corrected chi connectivity index (χ2v) is 7.02. The average molecular weight is 366 g/mol. The second-order valence-electron chi connectivity index (χ2n) is 7.02. The number of amides is 1. The number of nitrogens with one attached hydrogen (secondary N) is 3. The van der Waals surface area contributed by atoms with Gasteiger partial charge in [-0.3, -0.25) is 4.79 Å². The van der Waals surface area contributed by atoms with Crippen molar-refractivity contribution in [2.24, 2.45) is 0 Å². The number of hydrogen-bond donors (Lipinski definition) is 3. The highest BCUT2D eigenvalue weighted by Gasteiger charge is 2.23. The second kappa shape index (κ2) is 7.00. The maximum atomic E-state index is 12.8. The van der Waals surface area contributed by atoms with Crippen LogP contribution in [0, 0.1) is 13.8 Å². The lowest BCUT2D eigenvalue weighted by atomic mass is 9.95. The standard InChI is InChI=1S/C20H22N4O3/c1-11-9-16(13-5-4-8-21-10-13)27-20(26)17(11)19(25)24-15-7-3-6-14-18(15)23-12(2)22-14/h3,6-7,9,13,21H,4-5,8,10H2,1-2H3,(H,22,23)(H,24,25). The van der Waals surface area contributed by atoms with E-state index in [1.165, 1.54) is 0 Å². The normalized spacial score (nSPS) is 17.2. The highest BCUT2D eigenvalue weighted by atomic mass is 16.4. The van der Waals surface area contributed by atoms with Crippen LogP contribution < -0.4 is 16.3 Å². The molecule has 1 aliphatic heterocycles. The Kier molecular flexibility index (Phi) is 4.53. The van der Waals surface area contributed by atoms with Crippen LogP contribution in [0.25, 0.3) is 11.0 Å². The van der Waals surface area contributed by atoms with Gasteiger partial charge in [-0.2, -0.15) is 0 Å². The topological polar surface area (TPSA) is 100 Å². The fraction of sp³-hybridized carbons (Fsp3) is 0.350. The highest BCUT2D eigenvalue weighted by molar-refractivity contribution is 6.08. The third-order valence-corrected chi connectivity index (χ3v) is 4.97. The lowest BCUT2D eigenvalue weighted by Crippen LogP contribution is -2.30. The number of fused-ring (bicyclic) bond motifs is 1. The summed E-state index contributed by atoms with van der Waals surface area (Å²) in [5, 5.41) is 6.11. The third kappa shape index (κ3) is 3.38. The summed E-state index contributed by atoms with van der Waals surface area (Å²) in [6.45, 7) is 5.39. The molecule has 0 radical (unpaired) electrons. The molecular formula is C20H22N4O3. The van der Waals surface area contributed by atoms with Crippen LogP contribution in [0.4, 0.5) is 5.69 Å². The molecule has 2 aromatic heterocycles. The third-order valence-electron chi connectivity index (χ3n) is 4.97. The molecule has 1 saturated heterocycles. The molecule has 1 aliphatic rings. The zero-order chi connectivity index (χ0) is 19.0. The van der Waals surface area contributed by atoms with Crippen molar-refractivity contribution in [2.75, 3.05) is 18.4 Å². The van der Waals surface area contributed by atoms with E-state index in [9.17, 15) is 9.59 Å². The number of aromatic nitrogens is 2. The Morgan fingerprint density at radius 1 is 1.33 bits per heavy atom. The van der Waals surface area contributed by atoms with Gasteiger partial charge in [-0.1, -0.05) is 6.07 Å². The van der Waals surface area contributed by atoms with E-state index in [0.29, 0.717) is 22.5 Å². The van der Waals surface area contributed by atoms with E-state index < -0.39 is 11.5 Å². The van der Waals surface area contributed by atoms with E-state index in [1.807, 2.05) is 25.1 Å². The summed E-state index contributed by atoms with van der Waals surface area (Å²) in [6, 6.07) is 7.29. The first-order valence-corrected chi connectivity index (χ1v) is 9.15. The van der Waals surface area contributed by atoms with Crippen molar-refractivity contribution in [1.82, 2.24) is 15.3 Å². The minimum absolute atomic E-state index is 0.0341. The number of aromatic amines is 1. The molecule has 140 valence electrons. The van der Waals surface area contributed by atoms with E-state index >= 15 is 0 Å². The van der Waals surface area contributed by atoms with Gasteiger partial charge in [-0.25, -0.2) is 9.78 Å². The van der Waals surface area contributed by atoms with E-state index in [0.717, 1.165) is 37.3 Å². The van der Waals surface area contributed by atoms with Gasteiger partial charge in [0.15, 0.2) is 0 Å². The first kappa shape index (κ1) is 17.5. The quantitative estimate of drug-likeness (QED) is 0.662. The number of para-hydroxylation sites is 1. The molecule has 3 heterocycles. The van der Waals surface area contributed by atoms with Crippen molar-refractivity contribution in [2.45, 2.75) is 32.6 Å². The SMILES string of the molecule is Cc1nc2c(NC(=O)c3c(C)cc(C4CCCNC4)oc3=O)cccc2[nH]1.